The van der Waals surface area contributed by atoms with Gasteiger partial charge in [0.2, 0.25) is 12.2 Å². The molecule has 2 atom stereocenters. The molecule has 0 spiro atoms. The Labute approximate surface area is 216 Å². The molecule has 3 rings (SSSR count). The lowest BCUT2D eigenvalue weighted by Crippen LogP contribution is -2.48. The maximum absolute atomic E-state index is 13.1. The summed E-state index contributed by atoms with van der Waals surface area (Å²) in [7, 11) is 0. The van der Waals surface area contributed by atoms with Gasteiger partial charge in [-0.15, -0.1) is 0 Å². The second kappa shape index (κ2) is 11.7. The number of carboxylic acids is 1. The van der Waals surface area contributed by atoms with Gasteiger partial charge < -0.3 is 19.9 Å². The molecule has 3 aromatic carbocycles. The third kappa shape index (κ3) is 7.07. The molecule has 0 fully saturated rings. The molecule has 0 unspecified atom stereocenters. The molecule has 3 aromatic rings. The molecule has 0 saturated heterocycles. The van der Waals surface area contributed by atoms with Crippen molar-refractivity contribution in [2.45, 2.75) is 26.1 Å². The summed E-state index contributed by atoms with van der Waals surface area (Å²) in [6, 6.07) is 16.5. The van der Waals surface area contributed by atoms with Crippen LogP contribution in [0.4, 0.5) is 5.69 Å². The first kappa shape index (κ1) is 26.7. The quantitative estimate of drug-likeness (QED) is 0.390. The number of halogens is 2. The van der Waals surface area contributed by atoms with Gasteiger partial charge in [0, 0.05) is 15.7 Å². The van der Waals surface area contributed by atoms with Gasteiger partial charge in [0.05, 0.1) is 11.1 Å². The Morgan fingerprint density at radius 1 is 0.722 bits per heavy atom. The van der Waals surface area contributed by atoms with E-state index in [1.807, 2.05) is 13.8 Å². The van der Waals surface area contributed by atoms with Crippen LogP contribution in [0, 0.1) is 13.8 Å². The summed E-state index contributed by atoms with van der Waals surface area (Å²) in [5, 5.41) is 12.6. The summed E-state index contributed by atoms with van der Waals surface area (Å²) in [6.45, 7) is 3.62. The van der Waals surface area contributed by atoms with Crippen LogP contribution < -0.4 is 5.32 Å². The first-order valence-corrected chi connectivity index (χ1v) is 11.3. The Hall–Kier alpha value is -3.88. The van der Waals surface area contributed by atoms with E-state index in [1.165, 1.54) is 42.5 Å². The van der Waals surface area contributed by atoms with E-state index >= 15 is 0 Å². The SMILES string of the molecule is Cc1ccc(C(=O)O[C@H](C(=O)O)[C@@H](OC(=O)c2ccc(C)cc2)C(=O)Nc2cc(Cl)cc(Cl)c2)cc1. The number of rotatable bonds is 8. The fourth-order valence-corrected chi connectivity index (χ4v) is 3.61. The number of hydrogen-bond donors (Lipinski definition) is 2. The zero-order chi connectivity index (χ0) is 26.4. The number of ether oxygens (including phenoxy) is 2. The van der Waals surface area contributed by atoms with Gasteiger partial charge >= 0.3 is 17.9 Å². The first-order chi connectivity index (χ1) is 17.0. The second-order valence-electron chi connectivity index (χ2n) is 7.87. The average molecular weight is 530 g/mol. The third-order valence-electron chi connectivity index (χ3n) is 4.95. The molecule has 2 N–H and O–H groups in total. The third-order valence-corrected chi connectivity index (χ3v) is 5.39. The van der Waals surface area contributed by atoms with Crippen molar-refractivity contribution >= 4 is 52.7 Å². The van der Waals surface area contributed by atoms with Crippen molar-refractivity contribution in [1.29, 1.82) is 0 Å². The van der Waals surface area contributed by atoms with E-state index in [0.29, 0.717) is 0 Å². The molecule has 0 aliphatic carbocycles. The lowest BCUT2D eigenvalue weighted by molar-refractivity contribution is -0.157. The molecule has 0 radical (unpaired) electrons. The minimum atomic E-state index is -2.16. The smallest absolute Gasteiger partial charge is 0.349 e. The molecule has 36 heavy (non-hydrogen) atoms. The maximum atomic E-state index is 13.1. The van der Waals surface area contributed by atoms with Crippen LogP contribution in [0.5, 0.6) is 0 Å². The van der Waals surface area contributed by atoms with Gasteiger partial charge in [0.25, 0.3) is 5.91 Å². The number of anilines is 1. The summed E-state index contributed by atoms with van der Waals surface area (Å²) in [5.74, 6) is -4.77. The Bertz CT molecular complexity index is 1270. The zero-order valence-corrected chi connectivity index (χ0v) is 20.7. The van der Waals surface area contributed by atoms with Gasteiger partial charge in [-0.3, -0.25) is 4.79 Å². The van der Waals surface area contributed by atoms with E-state index in [0.717, 1.165) is 11.1 Å². The maximum Gasteiger partial charge on any atom is 0.349 e. The Balaban J connectivity index is 1.92. The highest BCUT2D eigenvalue weighted by molar-refractivity contribution is 6.35. The van der Waals surface area contributed by atoms with Crippen LogP contribution in [0.15, 0.2) is 66.7 Å². The Kier molecular flexibility index (Phi) is 8.68. The molecular formula is C26H21Cl2NO7. The van der Waals surface area contributed by atoms with Crippen LogP contribution in [0.2, 0.25) is 10.0 Å². The number of nitrogens with one attached hydrogen (secondary N) is 1. The Morgan fingerprint density at radius 2 is 1.14 bits per heavy atom. The minimum Gasteiger partial charge on any atom is -0.478 e. The number of benzene rings is 3. The van der Waals surface area contributed by atoms with Crippen LogP contribution in [0.1, 0.15) is 31.8 Å². The predicted octanol–water partition coefficient (Wildman–Crippen LogP) is 5.08. The Morgan fingerprint density at radius 3 is 1.56 bits per heavy atom. The number of carbonyl (C=O) groups excluding carboxylic acids is 3. The highest BCUT2D eigenvalue weighted by atomic mass is 35.5. The lowest BCUT2D eigenvalue weighted by Gasteiger charge is -2.23. The molecule has 0 heterocycles. The molecule has 186 valence electrons. The standard InChI is InChI=1S/C26H21Cl2NO7/c1-14-3-7-16(8-4-14)25(33)35-21(23(30)29-20-12-18(27)11-19(28)13-20)22(24(31)32)36-26(34)17-9-5-15(2)6-10-17/h3-13,21-22H,1-2H3,(H,29,30)(H,31,32)/t21-,22+/m1/s1. The second-order valence-corrected chi connectivity index (χ2v) is 8.74. The number of aryl methyl sites for hydroxylation is 2. The molecule has 0 aliphatic rings. The van der Waals surface area contributed by atoms with Gasteiger partial charge in [-0.1, -0.05) is 58.6 Å². The van der Waals surface area contributed by atoms with Crippen LogP contribution in [0.3, 0.4) is 0 Å². The van der Waals surface area contributed by atoms with Gasteiger partial charge in [-0.25, -0.2) is 14.4 Å². The van der Waals surface area contributed by atoms with E-state index in [4.69, 9.17) is 32.7 Å². The molecule has 0 aliphatic heterocycles. The number of carboxylic acid groups (broad SMARTS) is 1. The van der Waals surface area contributed by atoms with Crippen LogP contribution in [-0.2, 0) is 19.1 Å². The van der Waals surface area contributed by atoms with E-state index in [1.54, 1.807) is 24.3 Å². The van der Waals surface area contributed by atoms with E-state index in [9.17, 15) is 24.3 Å². The zero-order valence-electron chi connectivity index (χ0n) is 19.2. The number of carbonyl (C=O) groups is 4. The molecule has 0 saturated carbocycles. The van der Waals surface area contributed by atoms with Gasteiger partial charge in [0.1, 0.15) is 0 Å². The highest BCUT2D eigenvalue weighted by Crippen LogP contribution is 2.23. The van der Waals surface area contributed by atoms with Crippen molar-refractivity contribution in [1.82, 2.24) is 0 Å². The summed E-state index contributed by atoms with van der Waals surface area (Å²) >= 11 is 11.9. The number of hydrogen-bond acceptors (Lipinski definition) is 6. The van der Waals surface area contributed by atoms with Gasteiger partial charge in [0.15, 0.2) is 0 Å². The normalized spacial score (nSPS) is 12.2. The number of esters is 2. The number of amides is 1. The van der Waals surface area contributed by atoms with Gasteiger partial charge in [-0.2, -0.15) is 0 Å². The summed E-state index contributed by atoms with van der Waals surface area (Å²) in [5.41, 5.74) is 1.97. The van der Waals surface area contributed by atoms with Crippen molar-refractivity contribution in [3.63, 3.8) is 0 Å². The van der Waals surface area contributed by atoms with Crippen molar-refractivity contribution < 1.29 is 33.8 Å². The molecular weight excluding hydrogens is 509 g/mol. The highest BCUT2D eigenvalue weighted by Gasteiger charge is 2.41. The van der Waals surface area contributed by atoms with E-state index in [-0.39, 0.29) is 26.9 Å². The number of aliphatic carboxylic acids is 1. The molecule has 1 amide bonds. The topological polar surface area (TPSA) is 119 Å². The summed E-state index contributed by atoms with van der Waals surface area (Å²) < 4.78 is 10.4. The fraction of sp³-hybridized carbons (Fsp3) is 0.154. The van der Waals surface area contributed by atoms with E-state index < -0.39 is 36.0 Å². The summed E-state index contributed by atoms with van der Waals surface area (Å²) in [4.78, 5) is 50.7. The minimum absolute atomic E-state index is 0.0532. The monoisotopic (exact) mass is 529 g/mol. The predicted molar refractivity (Wildman–Crippen MR) is 133 cm³/mol. The van der Waals surface area contributed by atoms with Crippen molar-refractivity contribution in [2.75, 3.05) is 5.32 Å². The molecule has 8 nitrogen and oxygen atoms in total. The summed E-state index contributed by atoms with van der Waals surface area (Å²) in [6.07, 6.45) is -4.22. The van der Waals surface area contributed by atoms with E-state index in [2.05, 4.69) is 5.32 Å². The average Bonchev–Trinajstić information content (AvgIpc) is 2.81. The molecule has 0 bridgehead atoms. The molecule has 0 aromatic heterocycles. The van der Waals surface area contributed by atoms with Gasteiger partial charge in [-0.05, 0) is 56.3 Å². The lowest BCUT2D eigenvalue weighted by atomic mass is 10.1. The van der Waals surface area contributed by atoms with Crippen LogP contribution >= 0.6 is 23.2 Å². The fourth-order valence-electron chi connectivity index (χ4n) is 3.08. The van der Waals surface area contributed by atoms with Crippen molar-refractivity contribution in [3.8, 4) is 0 Å². The van der Waals surface area contributed by atoms with Crippen LogP contribution in [-0.4, -0.2) is 41.1 Å². The first-order valence-electron chi connectivity index (χ1n) is 10.6. The molecule has 10 heteroatoms. The van der Waals surface area contributed by atoms with Crippen molar-refractivity contribution in [3.05, 3.63) is 99.0 Å². The van der Waals surface area contributed by atoms with Crippen LogP contribution in [0.25, 0.3) is 0 Å². The van der Waals surface area contributed by atoms with Crippen molar-refractivity contribution in [2.24, 2.45) is 0 Å². The largest absolute Gasteiger partial charge is 0.478 e.